The summed E-state index contributed by atoms with van der Waals surface area (Å²) in [5, 5.41) is 3.07. The van der Waals surface area contributed by atoms with Gasteiger partial charge in [0, 0.05) is 19.3 Å². The van der Waals surface area contributed by atoms with Gasteiger partial charge in [0.05, 0.1) is 5.54 Å². The standard InChI is InChI=1S/C13H23N3O/c1-5-13(6-2,9-14)15-12(17)11-8-7-10(3)16(11)4/h7-8H,5-6,9,14H2,1-4H3,(H,15,17). The van der Waals surface area contributed by atoms with Gasteiger partial charge in [0.25, 0.3) is 5.91 Å². The summed E-state index contributed by atoms with van der Waals surface area (Å²) < 4.78 is 1.89. The number of carbonyl (C=O) groups excluding carboxylic acids is 1. The van der Waals surface area contributed by atoms with Gasteiger partial charge in [0.1, 0.15) is 5.69 Å². The van der Waals surface area contributed by atoms with E-state index in [1.165, 1.54) is 0 Å². The van der Waals surface area contributed by atoms with Gasteiger partial charge in [-0.25, -0.2) is 0 Å². The van der Waals surface area contributed by atoms with Crippen molar-refractivity contribution in [1.82, 2.24) is 9.88 Å². The van der Waals surface area contributed by atoms with Crippen molar-refractivity contribution in [3.63, 3.8) is 0 Å². The average molecular weight is 237 g/mol. The first kappa shape index (κ1) is 13.8. The van der Waals surface area contributed by atoms with E-state index in [4.69, 9.17) is 5.73 Å². The van der Waals surface area contributed by atoms with Crippen LogP contribution in [-0.4, -0.2) is 22.6 Å². The summed E-state index contributed by atoms with van der Waals surface area (Å²) in [6, 6.07) is 3.79. The van der Waals surface area contributed by atoms with Gasteiger partial charge in [-0.05, 0) is 31.9 Å². The lowest BCUT2D eigenvalue weighted by molar-refractivity contribution is 0.0886. The van der Waals surface area contributed by atoms with E-state index in [0.717, 1.165) is 18.5 Å². The SMILES string of the molecule is CCC(CC)(CN)NC(=O)c1ccc(C)n1C. The minimum absolute atomic E-state index is 0.0465. The van der Waals surface area contributed by atoms with Crippen LogP contribution in [0.3, 0.4) is 0 Å². The van der Waals surface area contributed by atoms with E-state index < -0.39 is 0 Å². The van der Waals surface area contributed by atoms with Crippen molar-refractivity contribution in [3.05, 3.63) is 23.5 Å². The second-order valence-corrected chi connectivity index (χ2v) is 4.56. The maximum Gasteiger partial charge on any atom is 0.268 e. The smallest absolute Gasteiger partial charge is 0.268 e. The summed E-state index contributed by atoms with van der Waals surface area (Å²) in [6.07, 6.45) is 1.68. The Morgan fingerprint density at radius 2 is 2.00 bits per heavy atom. The molecule has 96 valence electrons. The van der Waals surface area contributed by atoms with Crippen LogP contribution in [0.4, 0.5) is 0 Å². The van der Waals surface area contributed by atoms with Crippen LogP contribution in [0.2, 0.25) is 0 Å². The van der Waals surface area contributed by atoms with E-state index in [0.29, 0.717) is 12.2 Å². The Morgan fingerprint density at radius 1 is 1.41 bits per heavy atom. The number of nitrogens with one attached hydrogen (secondary N) is 1. The molecule has 0 saturated carbocycles. The fourth-order valence-electron chi connectivity index (χ4n) is 1.91. The van der Waals surface area contributed by atoms with Gasteiger partial charge in [-0.3, -0.25) is 4.79 Å². The summed E-state index contributed by atoms with van der Waals surface area (Å²) in [5.41, 5.74) is 7.25. The molecule has 1 aromatic rings. The van der Waals surface area contributed by atoms with Gasteiger partial charge in [-0.15, -0.1) is 0 Å². The van der Waals surface area contributed by atoms with Gasteiger partial charge in [0.2, 0.25) is 0 Å². The molecule has 4 heteroatoms. The zero-order chi connectivity index (χ0) is 13.1. The number of rotatable bonds is 5. The Hall–Kier alpha value is -1.29. The molecule has 4 nitrogen and oxygen atoms in total. The normalized spacial score (nSPS) is 11.6. The van der Waals surface area contributed by atoms with E-state index in [1.54, 1.807) is 0 Å². The average Bonchev–Trinajstić information content (AvgIpc) is 2.67. The van der Waals surface area contributed by atoms with Gasteiger partial charge in [0.15, 0.2) is 0 Å². The lowest BCUT2D eigenvalue weighted by Crippen LogP contribution is -2.53. The summed E-state index contributed by atoms with van der Waals surface area (Å²) in [6.45, 7) is 6.54. The highest BCUT2D eigenvalue weighted by atomic mass is 16.2. The zero-order valence-electron chi connectivity index (χ0n) is 11.2. The molecule has 0 aliphatic heterocycles. The number of aromatic nitrogens is 1. The van der Waals surface area contributed by atoms with Crippen molar-refractivity contribution >= 4 is 5.91 Å². The minimum Gasteiger partial charge on any atom is -0.344 e. The van der Waals surface area contributed by atoms with Crippen LogP contribution in [0, 0.1) is 6.92 Å². The summed E-state index contributed by atoms with van der Waals surface area (Å²) in [4.78, 5) is 12.2. The highest BCUT2D eigenvalue weighted by molar-refractivity contribution is 5.93. The van der Waals surface area contributed by atoms with Crippen LogP contribution in [0.1, 0.15) is 42.9 Å². The van der Waals surface area contributed by atoms with Crippen molar-refractivity contribution in [3.8, 4) is 0 Å². The van der Waals surface area contributed by atoms with Gasteiger partial charge < -0.3 is 15.6 Å². The third-order valence-electron chi connectivity index (χ3n) is 3.73. The lowest BCUT2D eigenvalue weighted by Gasteiger charge is -2.31. The van der Waals surface area contributed by atoms with E-state index in [1.807, 2.05) is 44.5 Å². The zero-order valence-corrected chi connectivity index (χ0v) is 11.2. The van der Waals surface area contributed by atoms with Crippen molar-refractivity contribution in [2.75, 3.05) is 6.54 Å². The number of hydrogen-bond donors (Lipinski definition) is 2. The third kappa shape index (κ3) is 2.69. The van der Waals surface area contributed by atoms with Crippen molar-refractivity contribution in [1.29, 1.82) is 0 Å². The second kappa shape index (κ2) is 5.36. The Bertz CT molecular complexity index is 383. The molecule has 1 rings (SSSR count). The van der Waals surface area contributed by atoms with Crippen LogP contribution >= 0.6 is 0 Å². The van der Waals surface area contributed by atoms with Crippen molar-refractivity contribution in [2.45, 2.75) is 39.2 Å². The molecule has 1 aromatic heterocycles. The fourth-order valence-corrected chi connectivity index (χ4v) is 1.91. The number of nitrogens with zero attached hydrogens (tertiary/aromatic N) is 1. The maximum absolute atomic E-state index is 12.2. The first-order valence-corrected chi connectivity index (χ1v) is 6.14. The molecule has 0 atom stereocenters. The first-order chi connectivity index (χ1) is 7.99. The molecule has 17 heavy (non-hydrogen) atoms. The molecule has 1 heterocycles. The number of amides is 1. The monoisotopic (exact) mass is 237 g/mol. The van der Waals surface area contributed by atoms with E-state index in [2.05, 4.69) is 5.32 Å². The van der Waals surface area contributed by atoms with Crippen LogP contribution in [0.25, 0.3) is 0 Å². The predicted octanol–water partition coefficient (Wildman–Crippen LogP) is 1.58. The maximum atomic E-state index is 12.2. The highest BCUT2D eigenvalue weighted by Crippen LogP contribution is 2.15. The van der Waals surface area contributed by atoms with Gasteiger partial charge in [-0.2, -0.15) is 0 Å². The highest BCUT2D eigenvalue weighted by Gasteiger charge is 2.27. The topological polar surface area (TPSA) is 60.0 Å². The molecule has 0 fully saturated rings. The molecule has 0 saturated heterocycles. The number of carbonyl (C=O) groups is 1. The van der Waals surface area contributed by atoms with Crippen molar-refractivity contribution in [2.24, 2.45) is 12.8 Å². The predicted molar refractivity (Wildman–Crippen MR) is 70.0 cm³/mol. The van der Waals surface area contributed by atoms with Gasteiger partial charge in [-0.1, -0.05) is 13.8 Å². The van der Waals surface area contributed by atoms with Crippen molar-refractivity contribution < 1.29 is 4.79 Å². The number of nitrogens with two attached hydrogens (primary N) is 1. The molecule has 0 aliphatic carbocycles. The third-order valence-corrected chi connectivity index (χ3v) is 3.73. The van der Waals surface area contributed by atoms with Crippen LogP contribution in [0.5, 0.6) is 0 Å². The Morgan fingerprint density at radius 3 is 2.35 bits per heavy atom. The molecule has 0 aromatic carbocycles. The molecule has 0 radical (unpaired) electrons. The van der Waals surface area contributed by atoms with E-state index >= 15 is 0 Å². The molecule has 1 amide bonds. The molecule has 3 N–H and O–H groups in total. The largest absolute Gasteiger partial charge is 0.344 e. The van der Waals surface area contributed by atoms with Gasteiger partial charge >= 0.3 is 0 Å². The minimum atomic E-state index is -0.282. The molecule has 0 unspecified atom stereocenters. The van der Waals surface area contributed by atoms with Crippen LogP contribution in [0.15, 0.2) is 12.1 Å². The fraction of sp³-hybridized carbons (Fsp3) is 0.615. The first-order valence-electron chi connectivity index (χ1n) is 6.14. The van der Waals surface area contributed by atoms with Crippen LogP contribution < -0.4 is 11.1 Å². The van der Waals surface area contributed by atoms with Crippen LogP contribution in [-0.2, 0) is 7.05 Å². The molecular formula is C13H23N3O. The molecule has 0 bridgehead atoms. The molecule has 0 aliphatic rings. The Labute approximate surface area is 103 Å². The Balaban J connectivity index is 2.88. The quantitative estimate of drug-likeness (QED) is 0.817. The van der Waals surface area contributed by atoms with E-state index in [-0.39, 0.29) is 11.4 Å². The summed E-state index contributed by atoms with van der Waals surface area (Å²) in [5.74, 6) is -0.0465. The Kier molecular flexibility index (Phi) is 4.34. The number of hydrogen-bond acceptors (Lipinski definition) is 2. The summed E-state index contributed by atoms with van der Waals surface area (Å²) >= 11 is 0. The number of aryl methyl sites for hydroxylation is 1. The molecule has 0 spiro atoms. The lowest BCUT2D eigenvalue weighted by atomic mass is 9.93. The summed E-state index contributed by atoms with van der Waals surface area (Å²) in [7, 11) is 1.90. The van der Waals surface area contributed by atoms with E-state index in [9.17, 15) is 4.79 Å². The second-order valence-electron chi connectivity index (χ2n) is 4.56. The molecular weight excluding hydrogens is 214 g/mol.